The number of aliphatic hydroxyl groups is 1. The Bertz CT molecular complexity index is 485. The number of nitrogens with one attached hydrogen (secondary N) is 1. The fraction of sp³-hybridized carbons (Fsp3) is 0.545. The second-order valence-electron chi connectivity index (χ2n) is 4.15. The molecule has 1 aliphatic rings. The molecule has 1 saturated heterocycles. The highest BCUT2D eigenvalue weighted by atomic mass is 16.5. The molecule has 2 rings (SSSR count). The summed E-state index contributed by atoms with van der Waals surface area (Å²) in [6, 6.07) is 0. The first-order valence-electron chi connectivity index (χ1n) is 5.81. The number of aliphatic imine (C=N–C) groups is 1. The predicted molar refractivity (Wildman–Crippen MR) is 65.9 cm³/mol. The summed E-state index contributed by atoms with van der Waals surface area (Å²) in [6.45, 7) is 0.0209. The van der Waals surface area contributed by atoms with Crippen LogP contribution in [0.25, 0.3) is 0 Å². The summed E-state index contributed by atoms with van der Waals surface area (Å²) < 4.78 is 5.60. The van der Waals surface area contributed by atoms with Gasteiger partial charge in [0.1, 0.15) is 0 Å². The van der Waals surface area contributed by atoms with Gasteiger partial charge in [0.25, 0.3) is 5.56 Å². The maximum absolute atomic E-state index is 11.6. The van der Waals surface area contributed by atoms with E-state index in [0.29, 0.717) is 12.1 Å². The molecule has 1 aromatic heterocycles. The van der Waals surface area contributed by atoms with E-state index >= 15 is 0 Å². The Morgan fingerprint density at radius 1 is 1.61 bits per heavy atom. The van der Waals surface area contributed by atoms with Gasteiger partial charge in [-0.1, -0.05) is 0 Å². The highest BCUT2D eigenvalue weighted by Crippen LogP contribution is 2.23. The van der Waals surface area contributed by atoms with Crippen LogP contribution in [-0.4, -0.2) is 40.2 Å². The van der Waals surface area contributed by atoms with E-state index < -0.39 is 0 Å². The number of rotatable bonds is 4. The van der Waals surface area contributed by atoms with Crippen LogP contribution < -0.4 is 11.3 Å². The Balaban J connectivity index is 2.14. The van der Waals surface area contributed by atoms with Crippen LogP contribution in [0.3, 0.4) is 0 Å². The number of H-pyrrole nitrogens is 1. The van der Waals surface area contributed by atoms with Crippen LogP contribution in [0.5, 0.6) is 0 Å². The maximum Gasteiger partial charge on any atom is 0.276 e. The Morgan fingerprint density at radius 2 is 2.39 bits per heavy atom. The lowest BCUT2D eigenvalue weighted by Gasteiger charge is -2.12. The topological polar surface area (TPSA) is 114 Å². The Kier molecular flexibility index (Phi) is 4.06. The lowest BCUT2D eigenvalue weighted by atomic mass is 10.1. The maximum atomic E-state index is 11.6. The van der Waals surface area contributed by atoms with Crippen molar-refractivity contribution in [1.82, 2.24) is 9.97 Å². The van der Waals surface area contributed by atoms with Crippen LogP contribution in [0.4, 0.5) is 5.69 Å². The summed E-state index contributed by atoms with van der Waals surface area (Å²) in [5.74, 6) is 0. The first-order valence-corrected chi connectivity index (χ1v) is 5.81. The zero-order valence-corrected chi connectivity index (χ0v) is 9.87. The molecule has 0 spiro atoms. The number of hydrogen-bond donors (Lipinski definition) is 3. The van der Waals surface area contributed by atoms with Crippen LogP contribution in [0, 0.1) is 0 Å². The van der Waals surface area contributed by atoms with Crippen LogP contribution in [0.2, 0.25) is 0 Å². The Morgan fingerprint density at radius 3 is 3.06 bits per heavy atom. The van der Waals surface area contributed by atoms with Crippen molar-refractivity contribution >= 4 is 12.0 Å². The summed E-state index contributed by atoms with van der Waals surface area (Å²) in [4.78, 5) is 22.0. The monoisotopic (exact) mass is 252 g/mol. The molecular weight excluding hydrogens is 236 g/mol. The lowest BCUT2D eigenvalue weighted by molar-refractivity contribution is 0.0119. The highest BCUT2D eigenvalue weighted by Gasteiger charge is 2.26. The van der Waals surface area contributed by atoms with Crippen LogP contribution in [0.15, 0.2) is 16.1 Å². The van der Waals surface area contributed by atoms with Gasteiger partial charge >= 0.3 is 0 Å². The molecule has 0 aromatic carbocycles. The van der Waals surface area contributed by atoms with Crippen molar-refractivity contribution < 1.29 is 9.84 Å². The minimum absolute atomic E-state index is 0.0209. The van der Waals surface area contributed by atoms with Gasteiger partial charge in [-0.2, -0.15) is 0 Å². The van der Waals surface area contributed by atoms with E-state index in [0.717, 1.165) is 19.2 Å². The molecule has 0 bridgehead atoms. The zero-order chi connectivity index (χ0) is 13.0. The van der Waals surface area contributed by atoms with Crippen LogP contribution in [0.1, 0.15) is 18.5 Å². The van der Waals surface area contributed by atoms with E-state index in [9.17, 15) is 4.79 Å². The number of aliphatic hydroxyl groups excluding tert-OH is 1. The summed E-state index contributed by atoms with van der Waals surface area (Å²) in [5, 5.41) is 9.00. The number of hydrogen-bond acceptors (Lipinski definition) is 5. The summed E-state index contributed by atoms with van der Waals surface area (Å²) in [5.41, 5.74) is 5.67. The molecule has 0 saturated carbocycles. The normalized spacial score (nSPS) is 23.8. The van der Waals surface area contributed by atoms with Gasteiger partial charge in [0.2, 0.25) is 0 Å². The van der Waals surface area contributed by atoms with Gasteiger partial charge in [-0.25, -0.2) is 9.98 Å². The molecule has 7 nitrogen and oxygen atoms in total. The molecule has 1 fully saturated rings. The number of ether oxygens (including phenoxy) is 1. The van der Waals surface area contributed by atoms with Crippen molar-refractivity contribution in [2.45, 2.75) is 31.5 Å². The molecular formula is C11H16N4O3. The van der Waals surface area contributed by atoms with Crippen molar-refractivity contribution in [2.24, 2.45) is 10.7 Å². The number of aromatic amines is 1. The SMILES string of the molecule is NC=Nc1c(C[C@H]2CC[C@@H](CO)O2)nc[nH]c1=O. The van der Waals surface area contributed by atoms with Gasteiger partial charge in [0, 0.05) is 6.42 Å². The predicted octanol–water partition coefficient (Wildman–Crippen LogP) is -0.529. The first-order chi connectivity index (χ1) is 8.74. The zero-order valence-electron chi connectivity index (χ0n) is 9.87. The third-order valence-electron chi connectivity index (χ3n) is 2.93. The van der Waals surface area contributed by atoms with Crippen molar-refractivity contribution in [3.8, 4) is 0 Å². The molecule has 18 heavy (non-hydrogen) atoms. The van der Waals surface area contributed by atoms with Gasteiger partial charge in [0.05, 0.1) is 37.2 Å². The molecule has 0 aliphatic carbocycles. The molecule has 0 amide bonds. The fourth-order valence-electron chi connectivity index (χ4n) is 2.07. The molecule has 4 N–H and O–H groups in total. The third kappa shape index (κ3) is 2.74. The number of nitrogens with two attached hydrogens (primary N) is 1. The second-order valence-corrected chi connectivity index (χ2v) is 4.15. The number of aromatic nitrogens is 2. The van der Waals surface area contributed by atoms with Gasteiger partial charge in [0.15, 0.2) is 5.69 Å². The van der Waals surface area contributed by atoms with Crippen LogP contribution in [-0.2, 0) is 11.2 Å². The van der Waals surface area contributed by atoms with E-state index in [1.54, 1.807) is 0 Å². The van der Waals surface area contributed by atoms with Crippen molar-refractivity contribution in [2.75, 3.05) is 6.61 Å². The van der Waals surface area contributed by atoms with Crippen molar-refractivity contribution in [3.05, 3.63) is 22.4 Å². The molecule has 98 valence electrons. The van der Waals surface area contributed by atoms with Crippen molar-refractivity contribution in [3.63, 3.8) is 0 Å². The second kappa shape index (κ2) is 5.74. The molecule has 2 atom stereocenters. The fourth-order valence-corrected chi connectivity index (χ4v) is 2.07. The standard InChI is InChI=1S/C11H16N4O3/c12-5-13-10-9(14-6-15-11(10)17)3-7-1-2-8(4-16)18-7/h5-8,16H,1-4H2,(H2,12,13)(H,14,15,17)/t7-,8+/m1/s1. The minimum Gasteiger partial charge on any atom is -0.394 e. The van der Waals surface area contributed by atoms with E-state index in [-0.39, 0.29) is 30.1 Å². The summed E-state index contributed by atoms with van der Waals surface area (Å²) in [7, 11) is 0. The minimum atomic E-state index is -0.321. The molecule has 2 heterocycles. The van der Waals surface area contributed by atoms with Crippen molar-refractivity contribution in [1.29, 1.82) is 0 Å². The summed E-state index contributed by atoms with van der Waals surface area (Å²) >= 11 is 0. The van der Waals surface area contributed by atoms with Gasteiger partial charge in [-0.05, 0) is 12.8 Å². The average molecular weight is 252 g/mol. The quantitative estimate of drug-likeness (QED) is 0.492. The van der Waals surface area contributed by atoms with Crippen LogP contribution >= 0.6 is 0 Å². The van der Waals surface area contributed by atoms with Gasteiger partial charge in [-0.3, -0.25) is 4.79 Å². The van der Waals surface area contributed by atoms with Gasteiger partial charge in [-0.15, -0.1) is 0 Å². The molecule has 1 aromatic rings. The largest absolute Gasteiger partial charge is 0.394 e. The summed E-state index contributed by atoms with van der Waals surface area (Å²) in [6.07, 6.45) is 4.41. The Hall–Kier alpha value is -1.73. The smallest absolute Gasteiger partial charge is 0.276 e. The highest BCUT2D eigenvalue weighted by molar-refractivity contribution is 5.59. The molecule has 0 unspecified atom stereocenters. The molecule has 7 heteroatoms. The van der Waals surface area contributed by atoms with Gasteiger partial charge < -0.3 is 20.6 Å². The lowest BCUT2D eigenvalue weighted by Crippen LogP contribution is -2.18. The van der Waals surface area contributed by atoms with E-state index in [1.165, 1.54) is 6.33 Å². The van der Waals surface area contributed by atoms with E-state index in [2.05, 4.69) is 15.0 Å². The third-order valence-corrected chi connectivity index (χ3v) is 2.93. The first kappa shape index (κ1) is 12.7. The Labute approximate surface area is 104 Å². The molecule has 1 aliphatic heterocycles. The average Bonchev–Trinajstić information content (AvgIpc) is 2.81. The van der Waals surface area contributed by atoms with E-state index in [4.69, 9.17) is 15.6 Å². The number of nitrogens with zero attached hydrogens (tertiary/aromatic N) is 2. The van der Waals surface area contributed by atoms with E-state index in [1.807, 2.05) is 0 Å². The molecule has 0 radical (unpaired) electrons.